The number of pyridine rings is 1. The fourth-order valence-corrected chi connectivity index (χ4v) is 2.21. The fourth-order valence-electron chi connectivity index (χ4n) is 2.21. The summed E-state index contributed by atoms with van der Waals surface area (Å²) in [6.07, 6.45) is 6.66. The molecular formula is C16H14N4O2. The van der Waals surface area contributed by atoms with E-state index in [1.165, 1.54) is 6.20 Å². The second-order valence-corrected chi connectivity index (χ2v) is 4.66. The first-order valence-electron chi connectivity index (χ1n) is 6.62. The molecule has 2 aromatic heterocycles. The van der Waals surface area contributed by atoms with Gasteiger partial charge in [0.2, 0.25) is 5.91 Å². The molecule has 0 saturated heterocycles. The average molecular weight is 294 g/mol. The molecule has 2 N–H and O–H groups in total. The zero-order valence-electron chi connectivity index (χ0n) is 11.9. The molecule has 0 atom stereocenters. The monoisotopic (exact) mass is 294 g/mol. The summed E-state index contributed by atoms with van der Waals surface area (Å²) in [6.45, 7) is 0. The minimum atomic E-state index is -0.511. The average Bonchev–Trinajstić information content (AvgIpc) is 3.08. The number of nitrogens with two attached hydrogens (primary N) is 1. The number of amides is 1. The molecule has 1 amide bonds. The zero-order chi connectivity index (χ0) is 15.5. The van der Waals surface area contributed by atoms with E-state index in [1.54, 1.807) is 30.3 Å². The van der Waals surface area contributed by atoms with Gasteiger partial charge < -0.3 is 10.5 Å². The molecule has 0 fully saturated rings. The van der Waals surface area contributed by atoms with Crippen LogP contribution in [0.25, 0.3) is 16.8 Å². The summed E-state index contributed by atoms with van der Waals surface area (Å²) in [5.41, 5.74) is 8.17. The Labute approximate surface area is 127 Å². The van der Waals surface area contributed by atoms with E-state index in [9.17, 15) is 4.79 Å². The van der Waals surface area contributed by atoms with Crippen LogP contribution in [0, 0.1) is 0 Å². The van der Waals surface area contributed by atoms with Gasteiger partial charge in [-0.2, -0.15) is 5.10 Å². The van der Waals surface area contributed by atoms with Gasteiger partial charge in [-0.25, -0.2) is 4.68 Å². The van der Waals surface area contributed by atoms with E-state index < -0.39 is 5.91 Å². The Balaban J connectivity index is 2.18. The third kappa shape index (κ3) is 2.54. The van der Waals surface area contributed by atoms with Crippen LogP contribution in [0.4, 0.5) is 0 Å². The van der Waals surface area contributed by atoms with Crippen LogP contribution in [-0.4, -0.2) is 27.8 Å². The van der Waals surface area contributed by atoms with E-state index in [-0.39, 0.29) is 0 Å². The maximum Gasteiger partial charge on any atom is 0.250 e. The molecule has 0 aliphatic rings. The summed E-state index contributed by atoms with van der Waals surface area (Å²) in [4.78, 5) is 15.4. The molecule has 0 radical (unpaired) electrons. The second-order valence-electron chi connectivity index (χ2n) is 4.66. The molecule has 0 unspecified atom stereocenters. The summed E-state index contributed by atoms with van der Waals surface area (Å²) in [6, 6.07) is 9.17. The Morgan fingerprint density at radius 3 is 2.82 bits per heavy atom. The molecule has 0 bridgehead atoms. The highest BCUT2D eigenvalue weighted by Gasteiger charge is 2.11. The van der Waals surface area contributed by atoms with Crippen molar-refractivity contribution in [1.29, 1.82) is 0 Å². The largest absolute Gasteiger partial charge is 0.497 e. The van der Waals surface area contributed by atoms with Crippen molar-refractivity contribution >= 4 is 5.91 Å². The number of ether oxygens (including phenoxy) is 1. The molecule has 0 spiro atoms. The van der Waals surface area contributed by atoms with Gasteiger partial charge in [0.1, 0.15) is 5.75 Å². The van der Waals surface area contributed by atoms with Crippen molar-refractivity contribution in [2.75, 3.05) is 7.11 Å². The standard InChI is InChI=1S/C16H14N4O2/c1-22-13-3-4-14(15(8-13)20-6-2-5-19-20)11-7-12(16(17)21)10-18-9-11/h2-10H,1H3,(H2,17,21). The predicted molar refractivity (Wildman–Crippen MR) is 81.9 cm³/mol. The number of carbonyl (C=O) groups excluding carboxylic acids is 1. The van der Waals surface area contributed by atoms with Crippen molar-refractivity contribution in [1.82, 2.24) is 14.8 Å². The minimum Gasteiger partial charge on any atom is -0.497 e. The third-order valence-corrected chi connectivity index (χ3v) is 3.29. The Morgan fingerprint density at radius 1 is 1.27 bits per heavy atom. The molecule has 3 rings (SSSR count). The van der Waals surface area contributed by atoms with Crippen molar-refractivity contribution in [2.45, 2.75) is 0 Å². The Kier molecular flexibility index (Phi) is 3.57. The van der Waals surface area contributed by atoms with Crippen LogP contribution in [-0.2, 0) is 0 Å². The molecule has 6 heteroatoms. The fraction of sp³-hybridized carbons (Fsp3) is 0.0625. The van der Waals surface area contributed by atoms with Crippen LogP contribution in [0.2, 0.25) is 0 Å². The van der Waals surface area contributed by atoms with Gasteiger partial charge >= 0.3 is 0 Å². The minimum absolute atomic E-state index is 0.361. The van der Waals surface area contributed by atoms with Gasteiger partial charge in [0.25, 0.3) is 0 Å². The van der Waals surface area contributed by atoms with Crippen molar-refractivity contribution in [2.24, 2.45) is 5.73 Å². The third-order valence-electron chi connectivity index (χ3n) is 3.29. The number of hydrogen-bond acceptors (Lipinski definition) is 4. The van der Waals surface area contributed by atoms with E-state index in [1.807, 2.05) is 30.5 Å². The Morgan fingerprint density at radius 2 is 2.14 bits per heavy atom. The SMILES string of the molecule is COc1ccc(-c2cncc(C(N)=O)c2)c(-n2cccn2)c1. The van der Waals surface area contributed by atoms with Crippen LogP contribution in [0.15, 0.2) is 55.1 Å². The van der Waals surface area contributed by atoms with Crippen LogP contribution >= 0.6 is 0 Å². The summed E-state index contributed by atoms with van der Waals surface area (Å²) >= 11 is 0. The van der Waals surface area contributed by atoms with E-state index in [0.717, 1.165) is 16.8 Å². The number of benzene rings is 1. The number of carbonyl (C=O) groups is 1. The Hall–Kier alpha value is -3.15. The molecule has 2 heterocycles. The van der Waals surface area contributed by atoms with Crippen molar-refractivity contribution in [3.05, 3.63) is 60.7 Å². The van der Waals surface area contributed by atoms with Gasteiger partial charge in [-0.3, -0.25) is 9.78 Å². The van der Waals surface area contributed by atoms with Crippen LogP contribution in [0.1, 0.15) is 10.4 Å². The predicted octanol–water partition coefficient (Wildman–Crippen LogP) is 2.04. The first-order chi connectivity index (χ1) is 10.7. The molecule has 6 nitrogen and oxygen atoms in total. The van der Waals surface area contributed by atoms with Gasteiger partial charge in [-0.05, 0) is 24.3 Å². The highest BCUT2D eigenvalue weighted by atomic mass is 16.5. The van der Waals surface area contributed by atoms with E-state index in [2.05, 4.69) is 10.1 Å². The lowest BCUT2D eigenvalue weighted by Gasteiger charge is -2.12. The normalized spacial score (nSPS) is 10.4. The van der Waals surface area contributed by atoms with Crippen LogP contribution < -0.4 is 10.5 Å². The van der Waals surface area contributed by atoms with E-state index >= 15 is 0 Å². The van der Waals surface area contributed by atoms with Crippen molar-refractivity contribution < 1.29 is 9.53 Å². The highest BCUT2D eigenvalue weighted by molar-refractivity contribution is 5.94. The summed E-state index contributed by atoms with van der Waals surface area (Å²) in [7, 11) is 1.61. The van der Waals surface area contributed by atoms with Crippen molar-refractivity contribution in [3.63, 3.8) is 0 Å². The summed E-state index contributed by atoms with van der Waals surface area (Å²) in [5, 5.41) is 4.25. The quantitative estimate of drug-likeness (QED) is 0.798. The lowest BCUT2D eigenvalue weighted by atomic mass is 10.0. The summed E-state index contributed by atoms with van der Waals surface area (Å²) in [5.74, 6) is 0.205. The molecule has 3 aromatic rings. The lowest BCUT2D eigenvalue weighted by Crippen LogP contribution is -2.11. The molecule has 110 valence electrons. The molecular weight excluding hydrogens is 280 g/mol. The number of methoxy groups -OCH3 is 1. The maximum absolute atomic E-state index is 11.3. The molecule has 0 aliphatic carbocycles. The van der Waals surface area contributed by atoms with Crippen LogP contribution in [0.5, 0.6) is 5.75 Å². The van der Waals surface area contributed by atoms with Gasteiger partial charge in [-0.15, -0.1) is 0 Å². The van der Waals surface area contributed by atoms with Gasteiger partial charge in [-0.1, -0.05) is 0 Å². The topological polar surface area (TPSA) is 83.0 Å². The van der Waals surface area contributed by atoms with Crippen LogP contribution in [0.3, 0.4) is 0 Å². The number of rotatable bonds is 4. The number of aromatic nitrogens is 3. The smallest absolute Gasteiger partial charge is 0.250 e. The first-order valence-corrected chi connectivity index (χ1v) is 6.62. The molecule has 0 aliphatic heterocycles. The molecule has 22 heavy (non-hydrogen) atoms. The first kappa shape index (κ1) is 13.8. The molecule has 0 saturated carbocycles. The van der Waals surface area contributed by atoms with Gasteiger partial charge in [0.15, 0.2) is 0 Å². The lowest BCUT2D eigenvalue weighted by molar-refractivity contribution is 0.1000. The van der Waals surface area contributed by atoms with Gasteiger partial charge in [0, 0.05) is 42.0 Å². The number of nitrogens with zero attached hydrogens (tertiary/aromatic N) is 3. The summed E-state index contributed by atoms with van der Waals surface area (Å²) < 4.78 is 7.01. The van der Waals surface area contributed by atoms with E-state index in [4.69, 9.17) is 10.5 Å². The molecule has 1 aromatic carbocycles. The van der Waals surface area contributed by atoms with Gasteiger partial charge in [0.05, 0.1) is 18.4 Å². The highest BCUT2D eigenvalue weighted by Crippen LogP contribution is 2.30. The van der Waals surface area contributed by atoms with Crippen molar-refractivity contribution in [3.8, 4) is 22.6 Å². The Bertz CT molecular complexity index is 813. The van der Waals surface area contributed by atoms with E-state index in [0.29, 0.717) is 11.3 Å². The number of hydrogen-bond donors (Lipinski definition) is 1. The maximum atomic E-state index is 11.3. The second kappa shape index (κ2) is 5.69. The zero-order valence-corrected chi connectivity index (χ0v) is 11.9. The number of primary amides is 1.